The largest absolute Gasteiger partial charge is 0.471 e. The number of nitrogens with one attached hydrogen (secondary N) is 2. The van der Waals surface area contributed by atoms with Crippen LogP contribution in [0.4, 0.5) is 18.9 Å². The zero-order valence-electron chi connectivity index (χ0n) is 13.5. The molecule has 0 atom stereocenters. The van der Waals surface area contributed by atoms with Crippen molar-refractivity contribution >= 4 is 11.6 Å². The Morgan fingerprint density at radius 2 is 1.78 bits per heavy atom. The second-order valence-electron chi connectivity index (χ2n) is 5.60. The summed E-state index contributed by atoms with van der Waals surface area (Å²) in [4.78, 5) is 10.9. The van der Waals surface area contributed by atoms with E-state index in [-0.39, 0.29) is 5.69 Å². The first-order valence-corrected chi connectivity index (χ1v) is 8.11. The lowest BCUT2D eigenvalue weighted by atomic mass is 10.1. The van der Waals surface area contributed by atoms with Gasteiger partial charge in [0.05, 0.1) is 0 Å². The van der Waals surface area contributed by atoms with E-state index >= 15 is 0 Å². The Bertz CT molecular complexity index is 475. The lowest BCUT2D eigenvalue weighted by Crippen LogP contribution is -2.29. The molecule has 1 rings (SSSR count). The summed E-state index contributed by atoms with van der Waals surface area (Å²) in [6.45, 7) is 3.64. The Balaban J connectivity index is 2.27. The molecule has 0 saturated carbocycles. The Hall–Kier alpha value is -1.56. The third kappa shape index (κ3) is 8.59. The highest BCUT2D eigenvalue weighted by molar-refractivity contribution is 5.94. The van der Waals surface area contributed by atoms with E-state index in [4.69, 9.17) is 0 Å². The first-order chi connectivity index (χ1) is 10.9. The molecule has 1 aromatic carbocycles. The van der Waals surface area contributed by atoms with Crippen LogP contribution in [0.2, 0.25) is 0 Å². The molecule has 2 N–H and O–H groups in total. The number of amides is 1. The molecule has 0 aliphatic carbocycles. The highest BCUT2D eigenvalue weighted by Gasteiger charge is 2.38. The molecular formula is C17H25F3N2O. The molecular weight excluding hydrogens is 305 g/mol. The van der Waals surface area contributed by atoms with E-state index in [0.717, 1.165) is 18.5 Å². The van der Waals surface area contributed by atoms with Gasteiger partial charge in [0.1, 0.15) is 0 Å². The molecule has 0 aliphatic heterocycles. The molecule has 0 bridgehead atoms. The molecule has 1 aromatic rings. The maximum Gasteiger partial charge on any atom is 0.471 e. The van der Waals surface area contributed by atoms with Gasteiger partial charge in [0, 0.05) is 12.2 Å². The van der Waals surface area contributed by atoms with Gasteiger partial charge in [-0.25, -0.2) is 0 Å². The second kappa shape index (κ2) is 10.3. The summed E-state index contributed by atoms with van der Waals surface area (Å²) in [5, 5.41) is 5.13. The number of alkyl halides is 3. The lowest BCUT2D eigenvalue weighted by Gasteiger charge is -2.10. The highest BCUT2D eigenvalue weighted by Crippen LogP contribution is 2.18. The molecule has 23 heavy (non-hydrogen) atoms. The maximum absolute atomic E-state index is 12.2. The van der Waals surface area contributed by atoms with Crippen molar-refractivity contribution in [2.75, 3.05) is 11.9 Å². The average Bonchev–Trinajstić information content (AvgIpc) is 2.49. The number of halogens is 3. The van der Waals surface area contributed by atoms with Gasteiger partial charge >= 0.3 is 12.1 Å². The monoisotopic (exact) mass is 330 g/mol. The van der Waals surface area contributed by atoms with Gasteiger partial charge in [-0.1, -0.05) is 51.2 Å². The molecule has 3 nitrogen and oxygen atoms in total. The number of hydrogen-bond acceptors (Lipinski definition) is 2. The van der Waals surface area contributed by atoms with Crippen molar-refractivity contribution < 1.29 is 18.0 Å². The summed E-state index contributed by atoms with van der Waals surface area (Å²) in [7, 11) is 0. The van der Waals surface area contributed by atoms with Gasteiger partial charge in [0.25, 0.3) is 0 Å². The highest BCUT2D eigenvalue weighted by atomic mass is 19.4. The molecule has 130 valence electrons. The van der Waals surface area contributed by atoms with Crippen LogP contribution in [0.25, 0.3) is 0 Å². The van der Waals surface area contributed by atoms with Crippen LogP contribution in [0.15, 0.2) is 24.3 Å². The molecule has 0 fully saturated rings. The molecule has 0 heterocycles. The van der Waals surface area contributed by atoms with Crippen LogP contribution in [0.3, 0.4) is 0 Å². The van der Waals surface area contributed by atoms with Crippen LogP contribution in [-0.4, -0.2) is 18.6 Å². The maximum atomic E-state index is 12.2. The summed E-state index contributed by atoms with van der Waals surface area (Å²) in [6, 6.07) is 6.45. The van der Waals surface area contributed by atoms with Crippen LogP contribution < -0.4 is 10.6 Å². The van der Waals surface area contributed by atoms with Crippen molar-refractivity contribution in [3.8, 4) is 0 Å². The van der Waals surface area contributed by atoms with E-state index < -0.39 is 12.1 Å². The van der Waals surface area contributed by atoms with E-state index in [1.165, 1.54) is 38.2 Å². The van der Waals surface area contributed by atoms with Gasteiger partial charge in [-0.2, -0.15) is 13.2 Å². The van der Waals surface area contributed by atoms with Crippen LogP contribution in [0.5, 0.6) is 0 Å². The lowest BCUT2D eigenvalue weighted by molar-refractivity contribution is -0.167. The Morgan fingerprint density at radius 1 is 1.09 bits per heavy atom. The summed E-state index contributed by atoms with van der Waals surface area (Å²) in [6.07, 6.45) is 2.45. The minimum absolute atomic E-state index is 0.159. The summed E-state index contributed by atoms with van der Waals surface area (Å²) in [5.74, 6) is -1.95. The predicted octanol–water partition coefficient (Wildman–Crippen LogP) is 4.64. The number of hydrogen-bond donors (Lipinski definition) is 2. The van der Waals surface area contributed by atoms with E-state index in [1.54, 1.807) is 12.1 Å². The first kappa shape index (κ1) is 19.5. The second-order valence-corrected chi connectivity index (χ2v) is 5.60. The van der Waals surface area contributed by atoms with Gasteiger partial charge < -0.3 is 10.6 Å². The minimum atomic E-state index is -4.87. The zero-order chi connectivity index (χ0) is 17.1. The van der Waals surface area contributed by atoms with Gasteiger partial charge in [-0.05, 0) is 30.7 Å². The number of carbonyl (C=O) groups is 1. The Kier molecular flexibility index (Phi) is 8.69. The zero-order valence-corrected chi connectivity index (χ0v) is 13.5. The van der Waals surface area contributed by atoms with E-state index in [9.17, 15) is 18.0 Å². The molecule has 0 radical (unpaired) electrons. The van der Waals surface area contributed by atoms with E-state index in [0.29, 0.717) is 6.54 Å². The topological polar surface area (TPSA) is 41.1 Å². The van der Waals surface area contributed by atoms with Crippen molar-refractivity contribution in [2.24, 2.45) is 0 Å². The molecule has 0 spiro atoms. The van der Waals surface area contributed by atoms with Crippen molar-refractivity contribution in [3.63, 3.8) is 0 Å². The summed E-state index contributed by atoms with van der Waals surface area (Å²) in [5.41, 5.74) is 1.00. The van der Waals surface area contributed by atoms with Crippen molar-refractivity contribution in [1.82, 2.24) is 5.32 Å². The normalized spacial score (nSPS) is 11.5. The van der Waals surface area contributed by atoms with Crippen LogP contribution in [-0.2, 0) is 11.3 Å². The molecule has 0 unspecified atom stereocenters. The summed E-state index contributed by atoms with van der Waals surface area (Å²) < 4.78 is 36.6. The third-order valence-electron chi connectivity index (χ3n) is 3.48. The van der Waals surface area contributed by atoms with Gasteiger partial charge in [0.2, 0.25) is 0 Å². The van der Waals surface area contributed by atoms with Crippen LogP contribution >= 0.6 is 0 Å². The van der Waals surface area contributed by atoms with Crippen molar-refractivity contribution in [1.29, 1.82) is 0 Å². The number of rotatable bonds is 10. The average molecular weight is 330 g/mol. The fourth-order valence-corrected chi connectivity index (χ4v) is 2.22. The summed E-state index contributed by atoms with van der Waals surface area (Å²) >= 11 is 0. The standard InChI is InChI=1S/C17H25F3N2O/c1-2-3-4-5-6-7-11-21-13-14-9-8-10-15(12-14)22-16(23)17(18,19)20/h8-10,12,21H,2-7,11,13H2,1H3,(H,22,23). The fraction of sp³-hybridized carbons (Fsp3) is 0.588. The predicted molar refractivity (Wildman–Crippen MR) is 86.2 cm³/mol. The van der Waals surface area contributed by atoms with Gasteiger partial charge in [-0.3, -0.25) is 4.79 Å². The van der Waals surface area contributed by atoms with Crippen molar-refractivity contribution in [3.05, 3.63) is 29.8 Å². The van der Waals surface area contributed by atoms with Gasteiger partial charge in [-0.15, -0.1) is 0 Å². The molecule has 6 heteroatoms. The minimum Gasteiger partial charge on any atom is -0.318 e. The number of anilines is 1. The SMILES string of the molecule is CCCCCCCCNCc1cccc(NC(=O)C(F)(F)F)c1. The Labute approximate surface area is 135 Å². The third-order valence-corrected chi connectivity index (χ3v) is 3.48. The molecule has 0 aliphatic rings. The first-order valence-electron chi connectivity index (χ1n) is 8.11. The molecule has 0 aromatic heterocycles. The smallest absolute Gasteiger partial charge is 0.318 e. The van der Waals surface area contributed by atoms with Crippen molar-refractivity contribution in [2.45, 2.75) is 58.2 Å². The Morgan fingerprint density at radius 3 is 2.48 bits per heavy atom. The number of carbonyl (C=O) groups excluding carboxylic acids is 1. The van der Waals surface area contributed by atoms with E-state index in [2.05, 4.69) is 12.2 Å². The molecule has 0 saturated heterocycles. The number of unbranched alkanes of at least 4 members (excludes halogenated alkanes) is 5. The fourth-order valence-electron chi connectivity index (χ4n) is 2.22. The number of benzene rings is 1. The van der Waals surface area contributed by atoms with Gasteiger partial charge in [0.15, 0.2) is 0 Å². The van der Waals surface area contributed by atoms with E-state index in [1.807, 2.05) is 11.4 Å². The quantitative estimate of drug-likeness (QED) is 0.614. The molecule has 1 amide bonds. The van der Waals surface area contributed by atoms with Crippen LogP contribution in [0, 0.1) is 0 Å². The van der Waals surface area contributed by atoms with Crippen LogP contribution in [0.1, 0.15) is 51.0 Å².